The Morgan fingerprint density at radius 3 is 2.60 bits per heavy atom. The van der Waals surface area contributed by atoms with Gasteiger partial charge in [0, 0.05) is 69.8 Å². The molecule has 3 aromatic carbocycles. The molecule has 6 aromatic rings. The number of hydrogen-bond acceptors (Lipinski definition) is 6. The molecule has 13 heteroatoms. The first-order valence-corrected chi connectivity index (χ1v) is 19.0. The number of H-pyrrole nitrogens is 1. The minimum atomic E-state index is -5.08. The van der Waals surface area contributed by atoms with Crippen molar-refractivity contribution in [3.05, 3.63) is 129 Å². The van der Waals surface area contributed by atoms with E-state index < -0.39 is 12.1 Å². The normalized spacial score (nSPS) is 19.3. The van der Waals surface area contributed by atoms with Gasteiger partial charge in [0.2, 0.25) is 0 Å². The molecule has 1 aliphatic heterocycles. The molecule has 4 heterocycles. The van der Waals surface area contributed by atoms with E-state index in [1.165, 1.54) is 45.4 Å². The van der Waals surface area contributed by atoms with Crippen molar-refractivity contribution >= 4 is 45.1 Å². The number of carboxylic acid groups (broad SMARTS) is 1. The summed E-state index contributed by atoms with van der Waals surface area (Å²) in [6.45, 7) is 2.64. The number of pyridine rings is 1. The van der Waals surface area contributed by atoms with E-state index in [1.807, 2.05) is 22.9 Å². The molecule has 284 valence electrons. The van der Waals surface area contributed by atoms with Crippen LogP contribution in [0.1, 0.15) is 77.8 Å². The number of allylic oxidation sites excluding steroid dienone is 2. The molecule has 4 N–H and O–H groups in total. The summed E-state index contributed by atoms with van der Waals surface area (Å²) in [6.07, 6.45) is 7.19. The molecule has 2 bridgehead atoms. The Labute approximate surface area is 321 Å². The lowest BCUT2D eigenvalue weighted by Crippen LogP contribution is -2.35. The second kappa shape index (κ2) is 15.1. The van der Waals surface area contributed by atoms with Crippen LogP contribution < -0.4 is 5.73 Å². The summed E-state index contributed by atoms with van der Waals surface area (Å²) in [4.78, 5) is 20.2. The number of aryl methyl sites for hydroxylation is 1. The maximum absolute atomic E-state index is 10.6. The highest BCUT2D eigenvalue weighted by Crippen LogP contribution is 2.47. The molecular weight excluding hydrogens is 727 g/mol. The van der Waals surface area contributed by atoms with Crippen LogP contribution in [-0.2, 0) is 30.7 Å². The number of para-hydroxylation sites is 1. The molecule has 9 nitrogen and oxygen atoms in total. The fraction of sp³-hybridized carbons (Fsp3) is 0.333. The number of fused-ring (bicyclic) bond motifs is 8. The molecule has 3 unspecified atom stereocenters. The summed E-state index contributed by atoms with van der Waals surface area (Å²) in [5.41, 5.74) is 18.9. The van der Waals surface area contributed by atoms with E-state index in [4.69, 9.17) is 32.2 Å². The van der Waals surface area contributed by atoms with Gasteiger partial charge in [0.05, 0.1) is 17.3 Å². The number of nitrogens with one attached hydrogen (secondary N) is 1. The van der Waals surface area contributed by atoms with Gasteiger partial charge in [-0.15, -0.1) is 5.10 Å². The van der Waals surface area contributed by atoms with Gasteiger partial charge in [-0.25, -0.2) is 4.79 Å². The highest BCUT2D eigenvalue weighted by molar-refractivity contribution is 6.31. The summed E-state index contributed by atoms with van der Waals surface area (Å²) >= 11 is 6.26. The Bertz CT molecular complexity index is 2390. The van der Waals surface area contributed by atoms with Crippen LogP contribution in [0.2, 0.25) is 5.02 Å². The van der Waals surface area contributed by atoms with Crippen molar-refractivity contribution in [2.75, 3.05) is 12.3 Å². The van der Waals surface area contributed by atoms with Gasteiger partial charge in [0.15, 0.2) is 0 Å². The number of nitrogens with two attached hydrogens (primary N) is 1. The van der Waals surface area contributed by atoms with Gasteiger partial charge in [-0.1, -0.05) is 77.0 Å². The maximum atomic E-state index is 10.6. The van der Waals surface area contributed by atoms with Gasteiger partial charge in [-0.2, -0.15) is 13.2 Å². The zero-order chi connectivity index (χ0) is 38.3. The van der Waals surface area contributed by atoms with Gasteiger partial charge in [0.1, 0.15) is 0 Å². The van der Waals surface area contributed by atoms with E-state index >= 15 is 0 Å². The number of aromatic amines is 1. The van der Waals surface area contributed by atoms with Gasteiger partial charge in [0.25, 0.3) is 0 Å². The molecule has 3 atom stereocenters. The number of carbonyl (C=O) groups is 1. The zero-order valence-electron chi connectivity index (χ0n) is 30.1. The first-order valence-electron chi connectivity index (χ1n) is 18.7. The molecule has 3 aliphatic rings. The van der Waals surface area contributed by atoms with Gasteiger partial charge < -0.3 is 15.8 Å². The van der Waals surface area contributed by atoms with E-state index in [2.05, 4.69) is 87.1 Å². The zero-order valence-corrected chi connectivity index (χ0v) is 30.8. The number of benzene rings is 3. The summed E-state index contributed by atoms with van der Waals surface area (Å²) in [5, 5.41) is 19.4. The number of rotatable bonds is 8. The molecule has 3 aromatic heterocycles. The highest BCUT2D eigenvalue weighted by atomic mass is 35.5. The average Bonchev–Trinajstić information content (AvgIpc) is 3.77. The van der Waals surface area contributed by atoms with E-state index in [0.717, 1.165) is 80.4 Å². The number of nitrogens with zero attached hydrogens (tertiary/aromatic N) is 5. The molecule has 9 rings (SSSR count). The van der Waals surface area contributed by atoms with Crippen molar-refractivity contribution in [1.29, 1.82) is 0 Å². The second-order valence-electron chi connectivity index (χ2n) is 14.8. The van der Waals surface area contributed by atoms with E-state index in [-0.39, 0.29) is 6.04 Å². The Morgan fingerprint density at radius 2 is 1.80 bits per heavy atom. The topological polar surface area (TPSA) is 126 Å². The SMILES string of the molecule is Nc1c2c(nc3cc(Cl)ccc13)CC1C=C(CCCCn3cc(CN4CCc5c([nH]c6ccccc56)C4c4ccccc4)nn3)CC2C1.O=C(O)C(F)(F)F. The van der Waals surface area contributed by atoms with Crippen molar-refractivity contribution < 1.29 is 23.1 Å². The molecule has 55 heavy (non-hydrogen) atoms. The van der Waals surface area contributed by atoms with Crippen LogP contribution in [0.5, 0.6) is 0 Å². The number of anilines is 1. The first-order chi connectivity index (χ1) is 26.5. The maximum Gasteiger partial charge on any atom is 0.490 e. The molecule has 0 radical (unpaired) electrons. The third-order valence-corrected chi connectivity index (χ3v) is 11.4. The quantitative estimate of drug-likeness (QED) is 0.104. The predicted octanol–water partition coefficient (Wildman–Crippen LogP) is 9.17. The Hall–Kier alpha value is -5.20. The number of aliphatic carboxylic acids is 1. The number of halogens is 4. The first kappa shape index (κ1) is 36.8. The number of hydrogen-bond donors (Lipinski definition) is 3. The van der Waals surface area contributed by atoms with E-state index in [9.17, 15) is 13.2 Å². The standard InChI is InChI=1S/C40H40ClN7.C2HF3O2/c41-29-13-14-33-35(22-29)43-36-21-26-18-25(19-28(20-26)37(36)38(33)42)8-6-7-16-48-24-30(45-46-48)23-47-17-15-32-31-11-4-5-12-34(31)44-39(32)40(47)27-9-2-1-3-10-27;3-2(4,5)1(6)7/h1-5,9-14,18,22,24,26,28,40,44H,6-8,15-17,19-21,23H2,(H2,42,43);(H,6,7). The third-order valence-electron chi connectivity index (χ3n) is 11.1. The fourth-order valence-corrected chi connectivity index (χ4v) is 8.97. The number of nitrogen functional groups attached to an aromatic ring is 1. The summed E-state index contributed by atoms with van der Waals surface area (Å²) in [6, 6.07) is 25.6. The molecular formula is C42H41ClF3N7O2. The molecule has 0 saturated heterocycles. The smallest absolute Gasteiger partial charge is 0.475 e. The van der Waals surface area contributed by atoms with Gasteiger partial charge >= 0.3 is 12.1 Å². The highest BCUT2D eigenvalue weighted by Gasteiger charge is 2.38. The van der Waals surface area contributed by atoms with Crippen molar-refractivity contribution in [2.45, 2.75) is 76.2 Å². The van der Waals surface area contributed by atoms with Crippen LogP contribution in [0.3, 0.4) is 0 Å². The lowest BCUT2D eigenvalue weighted by atomic mass is 9.70. The number of carboxylic acids is 1. The summed E-state index contributed by atoms with van der Waals surface area (Å²) in [7, 11) is 0. The minimum absolute atomic E-state index is 0.158. The molecule has 2 aliphatic carbocycles. The Kier molecular flexibility index (Phi) is 10.1. The average molecular weight is 768 g/mol. The van der Waals surface area contributed by atoms with Crippen LogP contribution in [0.4, 0.5) is 18.9 Å². The van der Waals surface area contributed by atoms with Crippen LogP contribution >= 0.6 is 11.6 Å². The molecule has 0 fully saturated rings. The summed E-state index contributed by atoms with van der Waals surface area (Å²) in [5.74, 6) is -1.76. The number of unbranched alkanes of at least 4 members (excludes halogenated alkanes) is 1. The van der Waals surface area contributed by atoms with Gasteiger partial charge in [-0.3, -0.25) is 14.6 Å². The van der Waals surface area contributed by atoms with Crippen LogP contribution in [0.15, 0.2) is 90.6 Å². The van der Waals surface area contributed by atoms with Crippen molar-refractivity contribution in [3.63, 3.8) is 0 Å². The van der Waals surface area contributed by atoms with Crippen LogP contribution in [-0.4, -0.2) is 53.7 Å². The number of aromatic nitrogens is 5. The number of alkyl halides is 3. The second-order valence-corrected chi connectivity index (χ2v) is 15.2. The third kappa shape index (κ3) is 7.70. The van der Waals surface area contributed by atoms with Crippen molar-refractivity contribution in [2.24, 2.45) is 5.92 Å². The molecule has 0 spiro atoms. The van der Waals surface area contributed by atoms with Gasteiger partial charge in [-0.05, 0) is 92.2 Å². The van der Waals surface area contributed by atoms with E-state index in [0.29, 0.717) is 16.9 Å². The van der Waals surface area contributed by atoms with Crippen LogP contribution in [0.25, 0.3) is 21.8 Å². The van der Waals surface area contributed by atoms with Crippen molar-refractivity contribution in [1.82, 2.24) is 29.9 Å². The van der Waals surface area contributed by atoms with Crippen molar-refractivity contribution in [3.8, 4) is 0 Å². The Balaban J connectivity index is 0.000000560. The summed E-state index contributed by atoms with van der Waals surface area (Å²) < 4.78 is 33.8. The fourth-order valence-electron chi connectivity index (χ4n) is 8.80. The predicted molar refractivity (Wildman–Crippen MR) is 207 cm³/mol. The minimum Gasteiger partial charge on any atom is -0.475 e. The molecule has 0 amide bonds. The van der Waals surface area contributed by atoms with Crippen LogP contribution in [0, 0.1) is 5.92 Å². The monoisotopic (exact) mass is 767 g/mol. The lowest BCUT2D eigenvalue weighted by molar-refractivity contribution is -0.192. The molecule has 0 saturated carbocycles. The Morgan fingerprint density at radius 1 is 1.02 bits per heavy atom. The largest absolute Gasteiger partial charge is 0.490 e. The van der Waals surface area contributed by atoms with E-state index in [1.54, 1.807) is 5.57 Å². The lowest BCUT2D eigenvalue weighted by Gasteiger charge is -2.36.